The van der Waals surface area contributed by atoms with Crippen molar-refractivity contribution < 1.29 is 23.8 Å². The quantitative estimate of drug-likeness (QED) is 0.852. The van der Waals surface area contributed by atoms with E-state index in [4.69, 9.17) is 9.84 Å². The lowest BCUT2D eigenvalue weighted by molar-refractivity contribution is 0.0634. The number of carboxylic acid groups (broad SMARTS) is 1. The minimum Gasteiger partial charge on any atom is -0.478 e. The van der Waals surface area contributed by atoms with E-state index in [9.17, 15) is 14.0 Å². The van der Waals surface area contributed by atoms with E-state index in [1.54, 1.807) is 20.8 Å². The molecule has 0 aromatic heterocycles. The Morgan fingerprint density at radius 1 is 1.33 bits per heavy atom. The molecule has 2 N–H and O–H groups in total. The molecule has 0 heterocycles. The van der Waals surface area contributed by atoms with Gasteiger partial charge >= 0.3 is 12.1 Å². The van der Waals surface area contributed by atoms with E-state index in [1.165, 1.54) is 6.07 Å². The van der Waals surface area contributed by atoms with Crippen LogP contribution in [0.25, 0.3) is 0 Å². The van der Waals surface area contributed by atoms with E-state index in [0.29, 0.717) is 0 Å². The lowest BCUT2D eigenvalue weighted by atomic mass is 10.2. The van der Waals surface area contributed by atoms with Gasteiger partial charge in [0.2, 0.25) is 0 Å². The van der Waals surface area contributed by atoms with Crippen LogP contribution in [0.3, 0.4) is 0 Å². The molecular formula is C12H14FNO4. The second kappa shape index (κ2) is 5.03. The summed E-state index contributed by atoms with van der Waals surface area (Å²) in [6.07, 6.45) is -0.732. The van der Waals surface area contributed by atoms with E-state index in [-0.39, 0.29) is 5.69 Å². The number of carbonyl (C=O) groups excluding carboxylic acids is 1. The molecule has 1 rings (SSSR count). The Morgan fingerprint density at radius 3 is 2.39 bits per heavy atom. The third-order valence-electron chi connectivity index (χ3n) is 1.84. The number of anilines is 1. The van der Waals surface area contributed by atoms with Gasteiger partial charge in [0.15, 0.2) is 0 Å². The molecule has 5 nitrogen and oxygen atoms in total. The fourth-order valence-electron chi connectivity index (χ4n) is 1.19. The van der Waals surface area contributed by atoms with Crippen molar-refractivity contribution in [3.63, 3.8) is 0 Å². The van der Waals surface area contributed by atoms with E-state index >= 15 is 0 Å². The maximum atomic E-state index is 13.3. The Bertz CT molecular complexity index is 479. The van der Waals surface area contributed by atoms with Gasteiger partial charge in [-0.1, -0.05) is 0 Å². The number of rotatable bonds is 2. The smallest absolute Gasteiger partial charge is 0.412 e. The molecule has 1 aromatic rings. The second-order valence-electron chi connectivity index (χ2n) is 4.63. The number of hydrogen-bond donors (Lipinski definition) is 2. The van der Waals surface area contributed by atoms with Gasteiger partial charge in [0.25, 0.3) is 0 Å². The Morgan fingerprint density at radius 2 is 1.94 bits per heavy atom. The van der Waals surface area contributed by atoms with Gasteiger partial charge in [0.1, 0.15) is 11.4 Å². The number of ether oxygens (including phenoxy) is 1. The van der Waals surface area contributed by atoms with Crippen LogP contribution in [-0.4, -0.2) is 22.8 Å². The summed E-state index contributed by atoms with van der Waals surface area (Å²) in [4.78, 5) is 22.0. The maximum absolute atomic E-state index is 13.3. The Balaban J connectivity index is 2.78. The van der Waals surface area contributed by atoms with Crippen LogP contribution in [0.15, 0.2) is 18.2 Å². The first kappa shape index (κ1) is 14.0. The number of carboxylic acids is 1. The second-order valence-corrected chi connectivity index (χ2v) is 4.63. The van der Waals surface area contributed by atoms with E-state index in [2.05, 4.69) is 5.32 Å². The lowest BCUT2D eigenvalue weighted by Crippen LogP contribution is -2.27. The number of aromatic carboxylic acids is 1. The van der Waals surface area contributed by atoms with Gasteiger partial charge in [-0.3, -0.25) is 5.32 Å². The summed E-state index contributed by atoms with van der Waals surface area (Å²) in [5.41, 5.74) is -0.986. The van der Waals surface area contributed by atoms with Crippen molar-refractivity contribution in [3.8, 4) is 0 Å². The predicted octanol–water partition coefficient (Wildman–Crippen LogP) is 2.87. The molecule has 0 aliphatic rings. The first-order valence-electron chi connectivity index (χ1n) is 5.22. The summed E-state index contributed by atoms with van der Waals surface area (Å²) < 4.78 is 18.3. The number of halogens is 1. The van der Waals surface area contributed by atoms with Crippen LogP contribution in [0.5, 0.6) is 0 Å². The average Bonchev–Trinajstić information content (AvgIpc) is 2.13. The third kappa shape index (κ3) is 4.04. The Labute approximate surface area is 104 Å². The minimum atomic E-state index is -1.36. The van der Waals surface area contributed by atoms with Gasteiger partial charge in [-0.25, -0.2) is 14.0 Å². The van der Waals surface area contributed by atoms with Gasteiger partial charge < -0.3 is 9.84 Å². The molecule has 0 bridgehead atoms. The normalized spacial score (nSPS) is 10.9. The number of hydrogen-bond acceptors (Lipinski definition) is 3. The van der Waals surface area contributed by atoms with Crippen molar-refractivity contribution in [2.45, 2.75) is 26.4 Å². The van der Waals surface area contributed by atoms with Crippen molar-refractivity contribution in [1.29, 1.82) is 0 Å². The lowest BCUT2D eigenvalue weighted by Gasteiger charge is -2.19. The van der Waals surface area contributed by atoms with Gasteiger partial charge in [-0.05, 0) is 39.0 Å². The van der Waals surface area contributed by atoms with Crippen molar-refractivity contribution >= 4 is 17.7 Å². The highest BCUT2D eigenvalue weighted by atomic mass is 19.1. The predicted molar refractivity (Wildman–Crippen MR) is 63.2 cm³/mol. The zero-order valence-electron chi connectivity index (χ0n) is 10.3. The van der Waals surface area contributed by atoms with E-state index in [0.717, 1.165) is 12.1 Å². The molecule has 0 radical (unpaired) electrons. The summed E-state index contributed by atoms with van der Waals surface area (Å²) in [7, 11) is 0. The number of nitrogens with one attached hydrogen (secondary N) is 1. The molecule has 18 heavy (non-hydrogen) atoms. The SMILES string of the molecule is CC(C)(C)OC(=O)Nc1ccc(C(=O)O)c(F)c1. The van der Waals surface area contributed by atoms with Crippen LogP contribution in [0, 0.1) is 5.82 Å². The maximum Gasteiger partial charge on any atom is 0.412 e. The van der Waals surface area contributed by atoms with E-state index in [1.807, 2.05) is 0 Å². The van der Waals surface area contributed by atoms with Crippen molar-refractivity contribution in [1.82, 2.24) is 0 Å². The van der Waals surface area contributed by atoms with Crippen LogP contribution >= 0.6 is 0 Å². The molecule has 0 aliphatic heterocycles. The van der Waals surface area contributed by atoms with Gasteiger partial charge in [0, 0.05) is 5.69 Å². The molecule has 1 amide bonds. The average molecular weight is 255 g/mol. The fraction of sp³-hybridized carbons (Fsp3) is 0.333. The molecule has 0 atom stereocenters. The van der Waals surface area contributed by atoms with Crippen LogP contribution in [0.1, 0.15) is 31.1 Å². The molecule has 0 spiro atoms. The molecule has 6 heteroatoms. The van der Waals surface area contributed by atoms with Crippen molar-refractivity contribution in [3.05, 3.63) is 29.6 Å². The summed E-state index contributed by atoms with van der Waals surface area (Å²) in [5.74, 6) is -2.28. The summed E-state index contributed by atoms with van der Waals surface area (Å²) in [6, 6.07) is 3.29. The van der Waals surface area contributed by atoms with Gasteiger partial charge in [0.05, 0.1) is 5.56 Å². The Kier molecular flexibility index (Phi) is 3.90. The monoisotopic (exact) mass is 255 g/mol. The molecule has 0 unspecified atom stereocenters. The number of amides is 1. The first-order valence-corrected chi connectivity index (χ1v) is 5.22. The molecular weight excluding hydrogens is 241 g/mol. The van der Waals surface area contributed by atoms with Crippen molar-refractivity contribution in [2.75, 3.05) is 5.32 Å². The minimum absolute atomic E-state index is 0.131. The van der Waals surface area contributed by atoms with Crippen LogP contribution in [0.4, 0.5) is 14.9 Å². The molecule has 0 fully saturated rings. The molecule has 1 aromatic carbocycles. The van der Waals surface area contributed by atoms with Gasteiger partial charge in [-0.15, -0.1) is 0 Å². The third-order valence-corrected chi connectivity index (χ3v) is 1.84. The highest BCUT2D eigenvalue weighted by molar-refractivity contribution is 5.90. The standard InChI is InChI=1S/C12H14FNO4/c1-12(2,3)18-11(17)14-7-4-5-8(10(15)16)9(13)6-7/h4-6H,1-3H3,(H,14,17)(H,15,16). The summed E-state index contributed by atoms with van der Waals surface area (Å²) in [5, 5.41) is 11.0. The Hall–Kier alpha value is -2.11. The van der Waals surface area contributed by atoms with Crippen molar-refractivity contribution in [2.24, 2.45) is 0 Å². The van der Waals surface area contributed by atoms with Crippen LogP contribution in [0.2, 0.25) is 0 Å². The zero-order valence-corrected chi connectivity index (χ0v) is 10.3. The van der Waals surface area contributed by atoms with Crippen LogP contribution < -0.4 is 5.32 Å². The number of carbonyl (C=O) groups is 2. The first-order chi connectivity index (χ1) is 8.19. The van der Waals surface area contributed by atoms with E-state index < -0.39 is 29.0 Å². The molecule has 0 aliphatic carbocycles. The zero-order chi connectivity index (χ0) is 13.9. The molecule has 0 saturated heterocycles. The highest BCUT2D eigenvalue weighted by Crippen LogP contribution is 2.16. The molecule has 0 saturated carbocycles. The van der Waals surface area contributed by atoms with Gasteiger partial charge in [-0.2, -0.15) is 0 Å². The highest BCUT2D eigenvalue weighted by Gasteiger charge is 2.17. The topological polar surface area (TPSA) is 75.6 Å². The van der Waals surface area contributed by atoms with Crippen LogP contribution in [-0.2, 0) is 4.74 Å². The summed E-state index contributed by atoms with van der Waals surface area (Å²) in [6.45, 7) is 5.09. The fourth-order valence-corrected chi connectivity index (χ4v) is 1.19. The summed E-state index contributed by atoms with van der Waals surface area (Å²) >= 11 is 0. The number of benzene rings is 1. The largest absolute Gasteiger partial charge is 0.478 e. The molecule has 98 valence electrons.